The summed E-state index contributed by atoms with van der Waals surface area (Å²) in [4.78, 5) is 0. The Morgan fingerprint density at radius 3 is 2.75 bits per heavy atom. The van der Waals surface area contributed by atoms with Gasteiger partial charge in [0.05, 0.1) is 5.69 Å². The van der Waals surface area contributed by atoms with E-state index < -0.39 is 0 Å². The number of aromatic nitrogens is 2. The molecular weight excluding hydrogens is 148 g/mol. The molecule has 0 aromatic carbocycles. The lowest BCUT2D eigenvalue weighted by Crippen LogP contribution is -1.97. The summed E-state index contributed by atoms with van der Waals surface area (Å²) in [6.45, 7) is 8.02. The van der Waals surface area contributed by atoms with E-state index in [1.807, 2.05) is 18.7 Å². The molecule has 0 aliphatic heterocycles. The van der Waals surface area contributed by atoms with Gasteiger partial charge in [-0.25, -0.2) is 0 Å². The fourth-order valence-electron chi connectivity index (χ4n) is 1.20. The molecule has 2 heteroatoms. The molecule has 0 saturated carbocycles. The maximum atomic E-state index is 4.35. The second kappa shape index (κ2) is 3.57. The molecule has 1 heterocycles. The first-order valence-electron chi connectivity index (χ1n) is 4.34. The number of nitrogens with zero attached hydrogens (tertiary/aromatic N) is 2. The number of allylic oxidation sites excluding steroid dienone is 1. The zero-order valence-corrected chi connectivity index (χ0v) is 8.09. The largest absolute Gasteiger partial charge is 0.272 e. The van der Waals surface area contributed by atoms with E-state index in [1.54, 1.807) is 0 Å². The van der Waals surface area contributed by atoms with Crippen LogP contribution in [0.5, 0.6) is 0 Å². The van der Waals surface area contributed by atoms with Crippen LogP contribution in [0.15, 0.2) is 12.6 Å². The minimum Gasteiger partial charge on any atom is -0.272 e. The van der Waals surface area contributed by atoms with Gasteiger partial charge < -0.3 is 0 Å². The van der Waals surface area contributed by atoms with E-state index in [2.05, 4.69) is 24.7 Å². The van der Waals surface area contributed by atoms with Crippen LogP contribution in [0.3, 0.4) is 0 Å². The first kappa shape index (κ1) is 9.04. The van der Waals surface area contributed by atoms with Crippen molar-refractivity contribution in [2.45, 2.75) is 26.7 Å². The van der Waals surface area contributed by atoms with Gasteiger partial charge in [0, 0.05) is 12.7 Å². The summed E-state index contributed by atoms with van der Waals surface area (Å²) in [7, 11) is 1.98. The Balaban J connectivity index is 2.92. The van der Waals surface area contributed by atoms with Gasteiger partial charge in [-0.15, -0.1) is 0 Å². The topological polar surface area (TPSA) is 17.8 Å². The van der Waals surface area contributed by atoms with E-state index in [0.29, 0.717) is 0 Å². The third-order valence-corrected chi connectivity index (χ3v) is 1.92. The molecular formula is C10H16N2. The molecule has 0 radical (unpaired) electrons. The molecule has 0 spiro atoms. The molecule has 0 N–H and O–H groups in total. The van der Waals surface area contributed by atoms with Crippen LogP contribution in [0.4, 0.5) is 0 Å². The average Bonchev–Trinajstić information content (AvgIpc) is 2.34. The number of rotatable bonds is 3. The van der Waals surface area contributed by atoms with Crippen LogP contribution in [-0.2, 0) is 13.5 Å². The molecule has 0 unspecified atom stereocenters. The lowest BCUT2D eigenvalue weighted by atomic mass is 10.2. The predicted octanol–water partition coefficient (Wildman–Crippen LogP) is 2.41. The Morgan fingerprint density at radius 2 is 2.33 bits per heavy atom. The summed E-state index contributed by atoms with van der Waals surface area (Å²) in [6.07, 6.45) is 2.26. The van der Waals surface area contributed by atoms with Crippen LogP contribution >= 0.6 is 0 Å². The molecule has 0 amide bonds. The summed E-state index contributed by atoms with van der Waals surface area (Å²) in [5, 5.41) is 4.35. The van der Waals surface area contributed by atoms with E-state index in [1.165, 1.54) is 5.69 Å². The SMILES string of the molecule is C=C(C)c1cc(CCC)n(C)n1. The normalized spacial score (nSPS) is 10.2. The van der Waals surface area contributed by atoms with Crippen LogP contribution < -0.4 is 0 Å². The molecule has 1 aromatic heterocycles. The van der Waals surface area contributed by atoms with Crippen LogP contribution in [0.1, 0.15) is 31.7 Å². The summed E-state index contributed by atoms with van der Waals surface area (Å²) in [5.74, 6) is 0. The minimum atomic E-state index is 1.01. The lowest BCUT2D eigenvalue weighted by molar-refractivity contribution is 0.695. The van der Waals surface area contributed by atoms with Crippen molar-refractivity contribution in [2.24, 2.45) is 7.05 Å². The monoisotopic (exact) mass is 164 g/mol. The Hall–Kier alpha value is -1.05. The van der Waals surface area contributed by atoms with Gasteiger partial charge in [-0.2, -0.15) is 5.10 Å². The highest BCUT2D eigenvalue weighted by Gasteiger charge is 2.03. The van der Waals surface area contributed by atoms with Crippen molar-refractivity contribution in [2.75, 3.05) is 0 Å². The smallest absolute Gasteiger partial charge is 0.0876 e. The molecule has 1 aromatic rings. The van der Waals surface area contributed by atoms with Gasteiger partial charge >= 0.3 is 0 Å². The number of hydrogen-bond acceptors (Lipinski definition) is 1. The first-order chi connectivity index (χ1) is 5.65. The molecule has 66 valence electrons. The second-order valence-corrected chi connectivity index (χ2v) is 3.17. The highest BCUT2D eigenvalue weighted by atomic mass is 15.3. The van der Waals surface area contributed by atoms with Gasteiger partial charge in [0.2, 0.25) is 0 Å². The van der Waals surface area contributed by atoms with E-state index >= 15 is 0 Å². The van der Waals surface area contributed by atoms with Crippen LogP contribution in [0.2, 0.25) is 0 Å². The summed E-state index contributed by atoms with van der Waals surface area (Å²) < 4.78 is 1.94. The second-order valence-electron chi connectivity index (χ2n) is 3.17. The van der Waals surface area contributed by atoms with Crippen molar-refractivity contribution in [1.29, 1.82) is 0 Å². The van der Waals surface area contributed by atoms with Crippen molar-refractivity contribution in [3.05, 3.63) is 24.0 Å². The third kappa shape index (κ3) is 1.76. The third-order valence-electron chi connectivity index (χ3n) is 1.92. The average molecular weight is 164 g/mol. The number of aryl methyl sites for hydroxylation is 2. The highest BCUT2D eigenvalue weighted by molar-refractivity contribution is 5.57. The Kier molecular flexibility index (Phi) is 2.69. The van der Waals surface area contributed by atoms with Crippen LogP contribution in [0, 0.1) is 0 Å². The first-order valence-corrected chi connectivity index (χ1v) is 4.34. The molecule has 0 fully saturated rings. The van der Waals surface area contributed by atoms with Crippen LogP contribution in [-0.4, -0.2) is 9.78 Å². The van der Waals surface area contributed by atoms with Crippen molar-refractivity contribution in [3.63, 3.8) is 0 Å². The summed E-state index contributed by atoms with van der Waals surface area (Å²) in [6, 6.07) is 2.12. The van der Waals surface area contributed by atoms with Crippen molar-refractivity contribution in [1.82, 2.24) is 9.78 Å². The maximum Gasteiger partial charge on any atom is 0.0876 e. The molecule has 0 saturated heterocycles. The molecule has 12 heavy (non-hydrogen) atoms. The zero-order chi connectivity index (χ0) is 9.14. The van der Waals surface area contributed by atoms with Crippen molar-refractivity contribution < 1.29 is 0 Å². The maximum absolute atomic E-state index is 4.35. The standard InChI is InChI=1S/C10H16N2/c1-5-6-9-7-10(8(2)3)11-12(9)4/h7H,2,5-6H2,1,3-4H3. The van der Waals surface area contributed by atoms with Crippen LogP contribution in [0.25, 0.3) is 5.57 Å². The van der Waals surface area contributed by atoms with Gasteiger partial charge in [-0.3, -0.25) is 4.68 Å². The zero-order valence-electron chi connectivity index (χ0n) is 8.09. The summed E-state index contributed by atoms with van der Waals surface area (Å²) >= 11 is 0. The molecule has 0 aliphatic rings. The highest BCUT2D eigenvalue weighted by Crippen LogP contribution is 2.12. The van der Waals surface area contributed by atoms with E-state index in [0.717, 1.165) is 24.1 Å². The Morgan fingerprint density at radius 1 is 1.67 bits per heavy atom. The van der Waals surface area contributed by atoms with E-state index in [4.69, 9.17) is 0 Å². The number of hydrogen-bond donors (Lipinski definition) is 0. The fourth-order valence-corrected chi connectivity index (χ4v) is 1.20. The van der Waals surface area contributed by atoms with Gasteiger partial charge in [0.1, 0.15) is 0 Å². The van der Waals surface area contributed by atoms with Crippen molar-refractivity contribution in [3.8, 4) is 0 Å². The quantitative estimate of drug-likeness (QED) is 0.670. The van der Waals surface area contributed by atoms with E-state index in [9.17, 15) is 0 Å². The lowest BCUT2D eigenvalue weighted by Gasteiger charge is -1.96. The molecule has 0 aliphatic carbocycles. The van der Waals surface area contributed by atoms with Gasteiger partial charge in [-0.05, 0) is 25.0 Å². The molecule has 0 atom stereocenters. The minimum absolute atomic E-state index is 1.01. The molecule has 2 nitrogen and oxygen atoms in total. The van der Waals surface area contributed by atoms with E-state index in [-0.39, 0.29) is 0 Å². The summed E-state index contributed by atoms with van der Waals surface area (Å²) in [5.41, 5.74) is 3.34. The Bertz CT molecular complexity index is 284. The fraction of sp³-hybridized carbons (Fsp3) is 0.500. The molecule has 0 bridgehead atoms. The molecule has 1 rings (SSSR count). The predicted molar refractivity (Wildman–Crippen MR) is 51.9 cm³/mol. The van der Waals surface area contributed by atoms with Gasteiger partial charge in [0.25, 0.3) is 0 Å². The Labute approximate surface area is 73.9 Å². The van der Waals surface area contributed by atoms with Gasteiger partial charge in [-0.1, -0.05) is 19.9 Å². The van der Waals surface area contributed by atoms with Gasteiger partial charge in [0.15, 0.2) is 0 Å². The van der Waals surface area contributed by atoms with Crippen molar-refractivity contribution >= 4 is 5.57 Å².